The first kappa shape index (κ1) is 21.2. The summed E-state index contributed by atoms with van der Waals surface area (Å²) in [7, 11) is 1.19. The van der Waals surface area contributed by atoms with Gasteiger partial charge >= 0.3 is 0 Å². The monoisotopic (exact) mass is 423 g/mol. The summed E-state index contributed by atoms with van der Waals surface area (Å²) in [6.45, 7) is 5.98. The largest absolute Gasteiger partial charge is 0.315 e. The molecule has 1 saturated heterocycles. The quantitative estimate of drug-likeness (QED) is 0.689. The summed E-state index contributed by atoms with van der Waals surface area (Å²) < 4.78 is 27.9. The Balaban J connectivity index is 1.64. The van der Waals surface area contributed by atoms with Gasteiger partial charge in [-0.15, -0.1) is 0 Å². The van der Waals surface area contributed by atoms with E-state index in [9.17, 15) is 8.42 Å². The molecule has 1 aromatic carbocycles. The van der Waals surface area contributed by atoms with E-state index in [-0.39, 0.29) is 11.7 Å². The van der Waals surface area contributed by atoms with E-state index in [1.807, 2.05) is 16.3 Å². The lowest BCUT2D eigenvalue weighted by molar-refractivity contribution is -0.917. The first-order valence-corrected chi connectivity index (χ1v) is 12.1. The van der Waals surface area contributed by atoms with Gasteiger partial charge in [0.15, 0.2) is 16.5 Å². The van der Waals surface area contributed by atoms with Crippen LogP contribution in [0.1, 0.15) is 43.1 Å². The van der Waals surface area contributed by atoms with E-state index >= 15 is 0 Å². The van der Waals surface area contributed by atoms with Gasteiger partial charge in [-0.3, -0.25) is 0 Å². The van der Waals surface area contributed by atoms with Crippen molar-refractivity contribution in [2.45, 2.75) is 45.8 Å². The van der Waals surface area contributed by atoms with Gasteiger partial charge in [-0.05, 0) is 36.0 Å². The molecule has 1 aliphatic heterocycles. The number of hydrogen-bond acceptors (Lipinski definition) is 4. The van der Waals surface area contributed by atoms with E-state index in [1.54, 1.807) is 0 Å². The molecule has 3 rings (SSSR count). The molecule has 0 amide bonds. The van der Waals surface area contributed by atoms with E-state index in [2.05, 4.69) is 45.2 Å². The number of rotatable bonds is 7. The lowest BCUT2D eigenvalue weighted by Gasteiger charge is -2.14. The standard InChI is InChI=1S/C20H30N4O2S2/c1-15(2)18-7-5-16(6-8-18)12-22(3)14-24-20(27)23(4)19(21-24)11-17-9-10-28(25,26)13-17/h5-8,15,17H,9-14H2,1-4H3/p+1/t17-/m0/s1. The van der Waals surface area contributed by atoms with E-state index in [4.69, 9.17) is 17.3 Å². The highest BCUT2D eigenvalue weighted by Gasteiger charge is 2.29. The number of nitrogens with one attached hydrogen (secondary N) is 1. The maximum Gasteiger partial charge on any atom is 0.202 e. The maximum absolute atomic E-state index is 11.7. The number of sulfone groups is 1. The van der Waals surface area contributed by atoms with Crippen LogP contribution in [0.2, 0.25) is 0 Å². The fourth-order valence-corrected chi connectivity index (χ4v) is 5.86. The second kappa shape index (κ2) is 8.47. The normalized spacial score (nSPS) is 20.0. The molecule has 6 nitrogen and oxygen atoms in total. The van der Waals surface area contributed by atoms with Crippen molar-refractivity contribution < 1.29 is 13.3 Å². The first-order chi connectivity index (χ1) is 13.1. The zero-order chi connectivity index (χ0) is 20.5. The van der Waals surface area contributed by atoms with Gasteiger partial charge in [0.05, 0.1) is 18.6 Å². The Morgan fingerprint density at radius 1 is 1.29 bits per heavy atom. The second-order valence-corrected chi connectivity index (χ2v) is 11.0. The van der Waals surface area contributed by atoms with Crippen molar-refractivity contribution >= 4 is 22.1 Å². The summed E-state index contributed by atoms with van der Waals surface area (Å²) in [6.07, 6.45) is 1.39. The molecule has 2 heterocycles. The summed E-state index contributed by atoms with van der Waals surface area (Å²) in [6, 6.07) is 8.80. The van der Waals surface area contributed by atoms with E-state index in [1.165, 1.54) is 16.0 Å². The third-order valence-corrected chi connectivity index (χ3v) is 7.82. The molecule has 0 radical (unpaired) electrons. The smallest absolute Gasteiger partial charge is 0.202 e. The van der Waals surface area contributed by atoms with Gasteiger partial charge in [-0.2, -0.15) is 9.78 Å². The third kappa shape index (κ3) is 5.10. The zero-order valence-electron chi connectivity index (χ0n) is 17.2. The molecule has 1 unspecified atom stereocenters. The van der Waals surface area contributed by atoms with Crippen molar-refractivity contribution in [3.63, 3.8) is 0 Å². The minimum atomic E-state index is -2.87. The van der Waals surface area contributed by atoms with Crippen LogP contribution in [0, 0.1) is 10.7 Å². The highest BCUT2D eigenvalue weighted by atomic mass is 32.2. The van der Waals surface area contributed by atoms with Crippen molar-refractivity contribution in [1.29, 1.82) is 0 Å². The Labute approximate surface area is 173 Å². The summed E-state index contributed by atoms with van der Waals surface area (Å²) in [4.78, 5) is 1.29. The number of quaternary nitrogens is 1. The Bertz CT molecular complexity index is 975. The third-order valence-electron chi connectivity index (χ3n) is 5.50. The van der Waals surface area contributed by atoms with Crippen LogP contribution in [-0.4, -0.2) is 41.3 Å². The minimum Gasteiger partial charge on any atom is -0.315 e. The van der Waals surface area contributed by atoms with Crippen LogP contribution in [0.4, 0.5) is 0 Å². The SMILES string of the molecule is CC(C)c1ccc(C[NH+](C)Cn2nc(C[C@@H]3CCS(=O)(=O)C3)n(C)c2=S)cc1. The van der Waals surface area contributed by atoms with Gasteiger partial charge in [0.2, 0.25) is 4.77 Å². The van der Waals surface area contributed by atoms with Crippen molar-refractivity contribution in [3.05, 3.63) is 46.0 Å². The van der Waals surface area contributed by atoms with Crippen molar-refractivity contribution in [1.82, 2.24) is 14.3 Å². The molecule has 0 aliphatic carbocycles. The molecule has 2 atom stereocenters. The van der Waals surface area contributed by atoms with Crippen LogP contribution < -0.4 is 4.90 Å². The van der Waals surface area contributed by atoms with E-state index in [0.717, 1.165) is 18.8 Å². The van der Waals surface area contributed by atoms with Crippen LogP contribution in [-0.2, 0) is 36.5 Å². The highest BCUT2D eigenvalue weighted by Crippen LogP contribution is 2.22. The molecule has 0 bridgehead atoms. The Hall–Kier alpha value is -1.51. The zero-order valence-corrected chi connectivity index (χ0v) is 18.8. The van der Waals surface area contributed by atoms with Crippen LogP contribution in [0.25, 0.3) is 0 Å². The Morgan fingerprint density at radius 3 is 2.54 bits per heavy atom. The average Bonchev–Trinajstić information content (AvgIpc) is 3.09. The number of benzene rings is 1. The lowest BCUT2D eigenvalue weighted by Crippen LogP contribution is -3.07. The number of aromatic nitrogens is 3. The van der Waals surface area contributed by atoms with Crippen LogP contribution >= 0.6 is 12.2 Å². The maximum atomic E-state index is 11.7. The molecule has 0 spiro atoms. The summed E-state index contributed by atoms with van der Waals surface area (Å²) >= 11 is 5.56. The predicted octanol–water partition coefficient (Wildman–Crippen LogP) is 1.72. The molecule has 1 aromatic heterocycles. The molecule has 1 fully saturated rings. The summed E-state index contributed by atoms with van der Waals surface area (Å²) in [5.74, 6) is 2.13. The molecule has 154 valence electrons. The van der Waals surface area contributed by atoms with Gasteiger partial charge in [0, 0.05) is 19.0 Å². The highest BCUT2D eigenvalue weighted by molar-refractivity contribution is 7.91. The van der Waals surface area contributed by atoms with E-state index < -0.39 is 9.84 Å². The van der Waals surface area contributed by atoms with Crippen LogP contribution in [0.5, 0.6) is 0 Å². The predicted molar refractivity (Wildman–Crippen MR) is 114 cm³/mol. The summed E-state index contributed by atoms with van der Waals surface area (Å²) in [5.41, 5.74) is 2.65. The fourth-order valence-electron chi connectivity index (χ4n) is 3.79. The minimum absolute atomic E-state index is 0.151. The lowest BCUT2D eigenvalue weighted by atomic mass is 10.0. The number of hydrogen-bond donors (Lipinski definition) is 1. The Morgan fingerprint density at radius 2 is 1.96 bits per heavy atom. The molecule has 0 saturated carbocycles. The molecular formula is C20H31N4O2S2+. The topological polar surface area (TPSA) is 61.3 Å². The van der Waals surface area contributed by atoms with E-state index in [0.29, 0.717) is 29.5 Å². The molecule has 2 aromatic rings. The Kier molecular flexibility index (Phi) is 6.41. The molecule has 8 heteroatoms. The van der Waals surface area contributed by atoms with Crippen LogP contribution in [0.3, 0.4) is 0 Å². The molecule has 1 N–H and O–H groups in total. The molecule has 28 heavy (non-hydrogen) atoms. The van der Waals surface area contributed by atoms with Crippen molar-refractivity contribution in [2.75, 3.05) is 18.6 Å². The average molecular weight is 424 g/mol. The number of nitrogens with zero attached hydrogens (tertiary/aromatic N) is 3. The first-order valence-electron chi connectivity index (χ1n) is 9.88. The van der Waals surface area contributed by atoms with Gasteiger partial charge in [-0.25, -0.2) is 8.42 Å². The van der Waals surface area contributed by atoms with Crippen LogP contribution in [0.15, 0.2) is 24.3 Å². The summed E-state index contributed by atoms with van der Waals surface area (Å²) in [5, 5.41) is 4.70. The van der Waals surface area contributed by atoms with Gasteiger partial charge < -0.3 is 9.47 Å². The molecule has 1 aliphatic rings. The van der Waals surface area contributed by atoms with Gasteiger partial charge in [0.25, 0.3) is 0 Å². The second-order valence-electron chi connectivity index (χ2n) is 8.42. The van der Waals surface area contributed by atoms with Gasteiger partial charge in [-0.1, -0.05) is 38.1 Å². The van der Waals surface area contributed by atoms with Crippen molar-refractivity contribution in [2.24, 2.45) is 13.0 Å². The molecular weight excluding hydrogens is 392 g/mol. The van der Waals surface area contributed by atoms with Crippen molar-refractivity contribution in [3.8, 4) is 0 Å². The van der Waals surface area contributed by atoms with Gasteiger partial charge in [0.1, 0.15) is 12.4 Å². The fraction of sp³-hybridized carbons (Fsp3) is 0.600.